The molecule has 2 fully saturated rings. The van der Waals surface area contributed by atoms with Gasteiger partial charge in [-0.15, -0.1) is 24.2 Å². The number of nitrogens with two attached hydrogens (primary N) is 1. The van der Waals surface area contributed by atoms with Crippen molar-refractivity contribution < 1.29 is 9.59 Å². The molecule has 2 aliphatic rings. The number of carbonyl (C=O) groups excluding carboxylic acids is 2. The van der Waals surface area contributed by atoms with Crippen LogP contribution in [0.25, 0.3) is 0 Å². The van der Waals surface area contributed by atoms with E-state index < -0.39 is 0 Å². The van der Waals surface area contributed by atoms with Crippen molar-refractivity contribution in [3.63, 3.8) is 0 Å². The van der Waals surface area contributed by atoms with Crippen molar-refractivity contribution in [2.45, 2.75) is 43.4 Å². The first-order chi connectivity index (χ1) is 13.2. The number of benzene rings is 1. The Hall–Kier alpha value is -1.24. The van der Waals surface area contributed by atoms with Crippen molar-refractivity contribution in [2.24, 2.45) is 17.6 Å². The fraction of sp³-hybridized carbons (Fsp3) is 0.619. The Morgan fingerprint density at radius 3 is 2.57 bits per heavy atom. The maximum absolute atomic E-state index is 12.9. The fourth-order valence-corrected chi connectivity index (χ4v) is 4.87. The third-order valence-corrected chi connectivity index (χ3v) is 6.77. The van der Waals surface area contributed by atoms with Gasteiger partial charge in [-0.1, -0.05) is 31.4 Å². The molecule has 1 unspecified atom stereocenters. The maximum Gasteiger partial charge on any atom is 0.254 e. The molecule has 1 aliphatic heterocycles. The minimum Gasteiger partial charge on any atom is -0.355 e. The SMILES string of the molecule is Cl.NCC1CCN(C(=O)c2ccccc2SCC(=O)NCC2CCCCC2)C1. The van der Waals surface area contributed by atoms with Crippen LogP contribution in [0.1, 0.15) is 48.9 Å². The van der Waals surface area contributed by atoms with E-state index in [0.29, 0.717) is 29.7 Å². The zero-order chi connectivity index (χ0) is 19.1. The number of hydrogen-bond donors (Lipinski definition) is 2. The van der Waals surface area contributed by atoms with Crippen LogP contribution in [0.3, 0.4) is 0 Å². The summed E-state index contributed by atoms with van der Waals surface area (Å²) in [5.41, 5.74) is 6.44. The summed E-state index contributed by atoms with van der Waals surface area (Å²) in [4.78, 5) is 27.9. The van der Waals surface area contributed by atoms with Gasteiger partial charge >= 0.3 is 0 Å². The molecule has 0 radical (unpaired) electrons. The van der Waals surface area contributed by atoms with E-state index in [0.717, 1.165) is 31.0 Å². The normalized spacial score (nSPS) is 19.9. The summed E-state index contributed by atoms with van der Waals surface area (Å²) in [5, 5.41) is 3.07. The van der Waals surface area contributed by atoms with Crippen molar-refractivity contribution in [3.05, 3.63) is 29.8 Å². The van der Waals surface area contributed by atoms with Crippen LogP contribution in [0.15, 0.2) is 29.2 Å². The average Bonchev–Trinajstić information content (AvgIpc) is 3.20. The Balaban J connectivity index is 0.00000280. The third kappa shape index (κ3) is 6.39. The van der Waals surface area contributed by atoms with E-state index in [2.05, 4.69) is 5.32 Å². The minimum absolute atomic E-state index is 0. The molecule has 1 saturated heterocycles. The summed E-state index contributed by atoms with van der Waals surface area (Å²) in [6, 6.07) is 7.60. The summed E-state index contributed by atoms with van der Waals surface area (Å²) in [6.07, 6.45) is 7.32. The van der Waals surface area contributed by atoms with Crippen LogP contribution < -0.4 is 11.1 Å². The molecule has 1 aliphatic carbocycles. The van der Waals surface area contributed by atoms with Gasteiger partial charge in [0.2, 0.25) is 5.91 Å². The van der Waals surface area contributed by atoms with Gasteiger partial charge in [-0.2, -0.15) is 0 Å². The highest BCUT2D eigenvalue weighted by atomic mass is 35.5. The van der Waals surface area contributed by atoms with Crippen LogP contribution in [-0.2, 0) is 4.79 Å². The van der Waals surface area contributed by atoms with Gasteiger partial charge in [-0.25, -0.2) is 0 Å². The highest BCUT2D eigenvalue weighted by Crippen LogP contribution is 2.26. The van der Waals surface area contributed by atoms with E-state index in [9.17, 15) is 9.59 Å². The second-order valence-corrected chi connectivity index (χ2v) is 8.75. The standard InChI is InChI=1S/C21H31N3O2S.ClH/c22-12-17-10-11-24(14-17)21(26)18-8-4-5-9-19(18)27-15-20(25)23-13-16-6-2-1-3-7-16;/h4-5,8-9,16-17H,1-3,6-7,10-15,22H2,(H,23,25);1H. The van der Waals surface area contributed by atoms with E-state index in [1.807, 2.05) is 29.2 Å². The van der Waals surface area contributed by atoms with Crippen LogP contribution >= 0.6 is 24.2 Å². The topological polar surface area (TPSA) is 75.4 Å². The van der Waals surface area contributed by atoms with E-state index in [1.54, 1.807) is 0 Å². The highest BCUT2D eigenvalue weighted by molar-refractivity contribution is 8.00. The number of likely N-dealkylation sites (tertiary alicyclic amines) is 1. The van der Waals surface area contributed by atoms with Crippen LogP contribution in [0, 0.1) is 11.8 Å². The number of thioether (sulfide) groups is 1. The van der Waals surface area contributed by atoms with Gasteiger partial charge in [0.05, 0.1) is 11.3 Å². The number of amides is 2. The Morgan fingerprint density at radius 2 is 1.86 bits per heavy atom. The fourth-order valence-electron chi connectivity index (χ4n) is 3.99. The van der Waals surface area contributed by atoms with E-state index >= 15 is 0 Å². The molecular formula is C21H32ClN3O2S. The molecule has 1 aromatic rings. The van der Waals surface area contributed by atoms with Crippen LogP contribution in [0.2, 0.25) is 0 Å². The van der Waals surface area contributed by atoms with Gasteiger partial charge in [0.25, 0.3) is 5.91 Å². The van der Waals surface area contributed by atoms with E-state index in [-0.39, 0.29) is 24.2 Å². The molecule has 0 aromatic heterocycles. The molecule has 1 aromatic carbocycles. The van der Waals surface area contributed by atoms with Crippen molar-refractivity contribution in [1.82, 2.24) is 10.2 Å². The molecule has 156 valence electrons. The van der Waals surface area contributed by atoms with Crippen molar-refractivity contribution in [2.75, 3.05) is 31.9 Å². The number of carbonyl (C=O) groups is 2. The Morgan fingerprint density at radius 1 is 1.11 bits per heavy atom. The first-order valence-electron chi connectivity index (χ1n) is 10.1. The molecule has 2 amide bonds. The molecule has 0 spiro atoms. The first kappa shape index (κ1) is 23.0. The molecule has 7 heteroatoms. The lowest BCUT2D eigenvalue weighted by Crippen LogP contribution is -2.32. The molecule has 5 nitrogen and oxygen atoms in total. The molecule has 3 N–H and O–H groups in total. The third-order valence-electron chi connectivity index (χ3n) is 5.70. The lowest BCUT2D eigenvalue weighted by Gasteiger charge is -2.21. The summed E-state index contributed by atoms with van der Waals surface area (Å²) >= 11 is 1.45. The van der Waals surface area contributed by atoms with Crippen LogP contribution in [0.4, 0.5) is 0 Å². The van der Waals surface area contributed by atoms with Gasteiger partial charge in [0, 0.05) is 24.5 Å². The van der Waals surface area contributed by atoms with Crippen LogP contribution in [-0.4, -0.2) is 48.6 Å². The summed E-state index contributed by atoms with van der Waals surface area (Å²) < 4.78 is 0. The molecule has 28 heavy (non-hydrogen) atoms. The number of nitrogens with zero attached hydrogens (tertiary/aromatic N) is 1. The number of halogens is 1. The number of nitrogens with one attached hydrogen (secondary N) is 1. The summed E-state index contributed by atoms with van der Waals surface area (Å²) in [7, 11) is 0. The molecule has 1 atom stereocenters. The summed E-state index contributed by atoms with van der Waals surface area (Å²) in [5.74, 6) is 1.49. The average molecular weight is 426 g/mol. The smallest absolute Gasteiger partial charge is 0.254 e. The van der Waals surface area contributed by atoms with Crippen molar-refractivity contribution >= 4 is 36.0 Å². The van der Waals surface area contributed by atoms with E-state index in [4.69, 9.17) is 5.73 Å². The molecule has 1 heterocycles. The molecule has 3 rings (SSSR count). The zero-order valence-corrected chi connectivity index (χ0v) is 18.0. The second-order valence-electron chi connectivity index (χ2n) is 7.73. The van der Waals surface area contributed by atoms with Gasteiger partial charge < -0.3 is 16.0 Å². The number of rotatable bonds is 7. The highest BCUT2D eigenvalue weighted by Gasteiger charge is 2.27. The largest absolute Gasteiger partial charge is 0.355 e. The first-order valence-corrected chi connectivity index (χ1v) is 11.1. The molecule has 0 bridgehead atoms. The maximum atomic E-state index is 12.9. The lowest BCUT2D eigenvalue weighted by atomic mass is 9.89. The predicted octanol–water partition coefficient (Wildman–Crippen LogP) is 3.32. The number of hydrogen-bond acceptors (Lipinski definition) is 4. The van der Waals surface area contributed by atoms with Crippen molar-refractivity contribution in [1.29, 1.82) is 0 Å². The van der Waals surface area contributed by atoms with Gasteiger partial charge in [-0.05, 0) is 49.8 Å². The zero-order valence-electron chi connectivity index (χ0n) is 16.4. The Labute approximate surface area is 178 Å². The Bertz CT molecular complexity index is 652. The molecule has 1 saturated carbocycles. The molecular weight excluding hydrogens is 394 g/mol. The van der Waals surface area contributed by atoms with Gasteiger partial charge in [0.15, 0.2) is 0 Å². The van der Waals surface area contributed by atoms with Crippen molar-refractivity contribution in [3.8, 4) is 0 Å². The second kappa shape index (κ2) is 11.7. The van der Waals surface area contributed by atoms with Gasteiger partial charge in [0.1, 0.15) is 0 Å². The van der Waals surface area contributed by atoms with E-state index in [1.165, 1.54) is 43.9 Å². The lowest BCUT2D eigenvalue weighted by molar-refractivity contribution is -0.118. The Kier molecular flexibility index (Phi) is 9.62. The predicted molar refractivity (Wildman–Crippen MR) is 117 cm³/mol. The quantitative estimate of drug-likeness (QED) is 0.657. The monoisotopic (exact) mass is 425 g/mol. The van der Waals surface area contributed by atoms with Gasteiger partial charge in [-0.3, -0.25) is 9.59 Å². The minimum atomic E-state index is 0. The summed E-state index contributed by atoms with van der Waals surface area (Å²) in [6.45, 7) is 2.91. The van der Waals surface area contributed by atoms with Crippen LogP contribution in [0.5, 0.6) is 0 Å².